The Morgan fingerprint density at radius 2 is 2.07 bits per heavy atom. The Morgan fingerprint density at radius 1 is 1.29 bits per heavy atom. The van der Waals surface area contributed by atoms with Gasteiger partial charge < -0.3 is 9.47 Å². The molecule has 1 saturated heterocycles. The maximum absolute atomic E-state index is 8.81. The van der Waals surface area contributed by atoms with E-state index in [1.807, 2.05) is 22.9 Å². The first-order chi connectivity index (χ1) is 6.90. The van der Waals surface area contributed by atoms with Crippen LogP contribution < -0.4 is 0 Å². The molecule has 1 aliphatic rings. The molecule has 14 heavy (non-hydrogen) atoms. The van der Waals surface area contributed by atoms with E-state index in [4.69, 9.17) is 5.26 Å². The highest BCUT2D eigenvalue weighted by atomic mass is 15.2. The first-order valence-electron chi connectivity index (χ1n) is 5.18. The molecule has 0 bridgehead atoms. The third-order valence-corrected chi connectivity index (χ3v) is 2.80. The summed E-state index contributed by atoms with van der Waals surface area (Å²) in [6.07, 6.45) is 4.64. The van der Waals surface area contributed by atoms with Crippen LogP contribution in [0.5, 0.6) is 0 Å². The summed E-state index contributed by atoms with van der Waals surface area (Å²) < 4.78 is 2.03. The lowest BCUT2D eigenvalue weighted by atomic mass is 10.4. The highest BCUT2D eigenvalue weighted by Gasteiger charge is 2.11. The SMILES string of the molecule is N#Cc1cccn1CCN1CCCC1. The minimum Gasteiger partial charge on any atom is -0.338 e. The van der Waals surface area contributed by atoms with Crippen LogP contribution in [0, 0.1) is 11.3 Å². The Kier molecular flexibility index (Phi) is 2.85. The molecule has 3 heteroatoms. The first-order valence-corrected chi connectivity index (χ1v) is 5.18. The predicted molar refractivity (Wildman–Crippen MR) is 54.8 cm³/mol. The standard InChI is InChI=1S/C11H15N3/c12-10-11-4-3-7-14(11)9-8-13-5-1-2-6-13/h3-4,7H,1-2,5-6,8-9H2. The van der Waals surface area contributed by atoms with Crippen LogP contribution in [0.1, 0.15) is 18.5 Å². The minimum absolute atomic E-state index is 0.768. The number of hydrogen-bond donors (Lipinski definition) is 0. The summed E-state index contributed by atoms with van der Waals surface area (Å²) >= 11 is 0. The minimum atomic E-state index is 0.768. The first kappa shape index (κ1) is 9.29. The average molecular weight is 189 g/mol. The van der Waals surface area contributed by atoms with Gasteiger partial charge in [0.05, 0.1) is 0 Å². The van der Waals surface area contributed by atoms with Crippen LogP contribution in [0.3, 0.4) is 0 Å². The predicted octanol–water partition coefficient (Wildman–Crippen LogP) is 1.46. The summed E-state index contributed by atoms with van der Waals surface area (Å²) in [6.45, 7) is 4.46. The second kappa shape index (κ2) is 4.30. The van der Waals surface area contributed by atoms with E-state index in [0.29, 0.717) is 0 Å². The summed E-state index contributed by atoms with van der Waals surface area (Å²) in [7, 11) is 0. The molecule has 0 saturated carbocycles. The van der Waals surface area contributed by atoms with E-state index in [2.05, 4.69) is 11.0 Å². The molecule has 1 aromatic rings. The van der Waals surface area contributed by atoms with Crippen LogP contribution in [0.15, 0.2) is 18.3 Å². The molecule has 0 amide bonds. The molecule has 2 rings (SSSR count). The summed E-state index contributed by atoms with van der Waals surface area (Å²) in [4.78, 5) is 2.46. The molecule has 0 N–H and O–H groups in total. The lowest BCUT2D eigenvalue weighted by Crippen LogP contribution is -2.24. The molecule has 74 valence electrons. The number of likely N-dealkylation sites (tertiary alicyclic amines) is 1. The number of rotatable bonds is 3. The van der Waals surface area contributed by atoms with Crippen LogP contribution in [-0.2, 0) is 6.54 Å². The van der Waals surface area contributed by atoms with E-state index in [-0.39, 0.29) is 0 Å². The van der Waals surface area contributed by atoms with Gasteiger partial charge in [-0.15, -0.1) is 0 Å². The van der Waals surface area contributed by atoms with E-state index in [1.165, 1.54) is 25.9 Å². The van der Waals surface area contributed by atoms with Crippen molar-refractivity contribution in [3.63, 3.8) is 0 Å². The fourth-order valence-electron chi connectivity index (χ4n) is 1.97. The molecule has 2 heterocycles. The zero-order valence-electron chi connectivity index (χ0n) is 8.32. The molecule has 0 unspecified atom stereocenters. The van der Waals surface area contributed by atoms with E-state index in [1.54, 1.807) is 0 Å². The van der Waals surface area contributed by atoms with Crippen molar-refractivity contribution in [1.82, 2.24) is 9.47 Å². The van der Waals surface area contributed by atoms with Gasteiger partial charge in [-0.3, -0.25) is 0 Å². The van der Waals surface area contributed by atoms with Crippen LogP contribution in [0.2, 0.25) is 0 Å². The van der Waals surface area contributed by atoms with Crippen molar-refractivity contribution >= 4 is 0 Å². The molecule has 1 aromatic heterocycles. The zero-order valence-corrected chi connectivity index (χ0v) is 8.32. The monoisotopic (exact) mass is 189 g/mol. The van der Waals surface area contributed by atoms with Gasteiger partial charge in [0.25, 0.3) is 0 Å². The molecular formula is C11H15N3. The number of nitrogens with zero attached hydrogens (tertiary/aromatic N) is 3. The lowest BCUT2D eigenvalue weighted by Gasteiger charge is -2.15. The molecule has 0 spiro atoms. The molecule has 0 aliphatic carbocycles. The van der Waals surface area contributed by atoms with E-state index in [9.17, 15) is 0 Å². The second-order valence-corrected chi connectivity index (χ2v) is 3.75. The number of nitriles is 1. The van der Waals surface area contributed by atoms with Crippen LogP contribution in [-0.4, -0.2) is 29.1 Å². The van der Waals surface area contributed by atoms with Crippen LogP contribution in [0.4, 0.5) is 0 Å². The topological polar surface area (TPSA) is 32.0 Å². The zero-order chi connectivity index (χ0) is 9.80. The highest BCUT2D eigenvalue weighted by molar-refractivity contribution is 5.21. The van der Waals surface area contributed by atoms with Gasteiger partial charge in [0.15, 0.2) is 0 Å². The van der Waals surface area contributed by atoms with Gasteiger partial charge in [0, 0.05) is 19.3 Å². The Morgan fingerprint density at radius 3 is 2.79 bits per heavy atom. The van der Waals surface area contributed by atoms with Gasteiger partial charge in [-0.2, -0.15) is 5.26 Å². The van der Waals surface area contributed by atoms with Gasteiger partial charge in [-0.25, -0.2) is 0 Å². The van der Waals surface area contributed by atoms with E-state index in [0.717, 1.165) is 18.8 Å². The van der Waals surface area contributed by atoms with Crippen molar-refractivity contribution in [3.05, 3.63) is 24.0 Å². The summed E-state index contributed by atoms with van der Waals surface area (Å²) in [5, 5.41) is 8.81. The molecule has 1 aliphatic heterocycles. The second-order valence-electron chi connectivity index (χ2n) is 3.75. The number of aromatic nitrogens is 1. The fourth-order valence-corrected chi connectivity index (χ4v) is 1.97. The lowest BCUT2D eigenvalue weighted by molar-refractivity contribution is 0.322. The molecule has 3 nitrogen and oxygen atoms in total. The van der Waals surface area contributed by atoms with Crippen LogP contribution in [0.25, 0.3) is 0 Å². The third-order valence-electron chi connectivity index (χ3n) is 2.80. The maximum Gasteiger partial charge on any atom is 0.120 e. The summed E-state index contributed by atoms with van der Waals surface area (Å²) in [6, 6.07) is 5.99. The van der Waals surface area contributed by atoms with Gasteiger partial charge in [-0.05, 0) is 38.1 Å². The molecule has 0 atom stereocenters. The Bertz CT molecular complexity index is 329. The van der Waals surface area contributed by atoms with Gasteiger partial charge in [0.2, 0.25) is 0 Å². The van der Waals surface area contributed by atoms with Gasteiger partial charge in [0.1, 0.15) is 11.8 Å². The molecule has 1 fully saturated rings. The van der Waals surface area contributed by atoms with E-state index >= 15 is 0 Å². The summed E-state index contributed by atoms with van der Waals surface area (Å²) in [5.74, 6) is 0. The molecular weight excluding hydrogens is 174 g/mol. The van der Waals surface area contributed by atoms with Gasteiger partial charge >= 0.3 is 0 Å². The van der Waals surface area contributed by atoms with Crippen molar-refractivity contribution < 1.29 is 0 Å². The Hall–Kier alpha value is -1.27. The highest BCUT2D eigenvalue weighted by Crippen LogP contribution is 2.08. The van der Waals surface area contributed by atoms with Crippen LogP contribution >= 0.6 is 0 Å². The average Bonchev–Trinajstić information content (AvgIpc) is 2.85. The van der Waals surface area contributed by atoms with Crippen molar-refractivity contribution in [3.8, 4) is 6.07 Å². The quantitative estimate of drug-likeness (QED) is 0.721. The van der Waals surface area contributed by atoms with Crippen molar-refractivity contribution in [1.29, 1.82) is 5.26 Å². The smallest absolute Gasteiger partial charge is 0.120 e. The normalized spacial score (nSPS) is 17.1. The fraction of sp³-hybridized carbons (Fsp3) is 0.545. The van der Waals surface area contributed by atoms with Crippen molar-refractivity contribution in [2.45, 2.75) is 19.4 Å². The van der Waals surface area contributed by atoms with E-state index < -0.39 is 0 Å². The Balaban J connectivity index is 1.88. The Labute approximate surface area is 84.6 Å². The molecule has 0 radical (unpaired) electrons. The van der Waals surface area contributed by atoms with Gasteiger partial charge in [-0.1, -0.05) is 0 Å². The van der Waals surface area contributed by atoms with Crippen molar-refractivity contribution in [2.24, 2.45) is 0 Å². The number of hydrogen-bond acceptors (Lipinski definition) is 2. The largest absolute Gasteiger partial charge is 0.338 e. The van der Waals surface area contributed by atoms with Crippen molar-refractivity contribution in [2.75, 3.05) is 19.6 Å². The maximum atomic E-state index is 8.81. The third kappa shape index (κ3) is 1.97. The summed E-state index contributed by atoms with van der Waals surface area (Å²) in [5.41, 5.74) is 0.768. The molecule has 0 aromatic carbocycles.